The minimum absolute atomic E-state index is 0.0831. The topological polar surface area (TPSA) is 72.5 Å². The number of phenolic OH excluding ortho intramolecular Hbond substituents is 1. The molecule has 0 radical (unpaired) electrons. The van der Waals surface area contributed by atoms with Gasteiger partial charge in [-0.15, -0.1) is 0 Å². The molecule has 0 saturated heterocycles. The second-order valence-corrected chi connectivity index (χ2v) is 3.14. The van der Waals surface area contributed by atoms with Crippen molar-refractivity contribution in [1.29, 1.82) is 0 Å². The van der Waals surface area contributed by atoms with Gasteiger partial charge >= 0.3 is 0 Å². The van der Waals surface area contributed by atoms with Crippen LogP contribution >= 0.6 is 11.6 Å². The lowest BCUT2D eigenvalue weighted by molar-refractivity contribution is 0.0997. The van der Waals surface area contributed by atoms with Gasteiger partial charge in [-0.2, -0.15) is 4.39 Å². The summed E-state index contributed by atoms with van der Waals surface area (Å²) in [6.07, 6.45) is 0. The van der Waals surface area contributed by atoms with E-state index in [0.29, 0.717) is 0 Å². The summed E-state index contributed by atoms with van der Waals surface area (Å²) in [6, 6.07) is 1.12. The quantitative estimate of drug-likeness (QED) is 0.773. The Morgan fingerprint density at radius 3 is 2.80 bits per heavy atom. The van der Waals surface area contributed by atoms with E-state index in [0.717, 1.165) is 6.07 Å². The molecule has 0 amide bonds. The number of aromatic hydroxyl groups is 1. The van der Waals surface area contributed by atoms with Crippen molar-refractivity contribution in [3.8, 4) is 11.5 Å². The molecular formula is C9H9ClFNO3. The van der Waals surface area contributed by atoms with E-state index >= 15 is 0 Å². The molecule has 0 aromatic heterocycles. The zero-order valence-corrected chi connectivity index (χ0v) is 8.64. The second-order valence-electron chi connectivity index (χ2n) is 2.73. The highest BCUT2D eigenvalue weighted by molar-refractivity contribution is 6.32. The molecule has 3 N–H and O–H groups in total. The van der Waals surface area contributed by atoms with Crippen LogP contribution in [0, 0.1) is 5.82 Å². The number of halogens is 2. The van der Waals surface area contributed by atoms with Crippen molar-refractivity contribution in [3.63, 3.8) is 0 Å². The molecule has 0 unspecified atom stereocenters. The third-order valence-electron chi connectivity index (χ3n) is 1.84. The molecule has 0 fully saturated rings. The molecule has 0 spiro atoms. The molecule has 15 heavy (non-hydrogen) atoms. The van der Waals surface area contributed by atoms with Crippen molar-refractivity contribution in [2.24, 2.45) is 5.73 Å². The van der Waals surface area contributed by atoms with Gasteiger partial charge in [0.15, 0.2) is 17.3 Å². The van der Waals surface area contributed by atoms with Crippen molar-refractivity contribution in [1.82, 2.24) is 0 Å². The Morgan fingerprint density at radius 1 is 1.73 bits per heavy atom. The zero-order valence-electron chi connectivity index (χ0n) is 7.88. The molecule has 1 rings (SSSR count). The highest BCUT2D eigenvalue weighted by Gasteiger charge is 2.21. The van der Waals surface area contributed by atoms with Gasteiger partial charge in [-0.05, 0) is 6.07 Å². The van der Waals surface area contributed by atoms with Crippen molar-refractivity contribution >= 4 is 17.4 Å². The largest absolute Gasteiger partial charge is 0.504 e. The summed E-state index contributed by atoms with van der Waals surface area (Å²) in [4.78, 5) is 11.3. The predicted molar refractivity (Wildman–Crippen MR) is 53.0 cm³/mol. The first-order valence-corrected chi connectivity index (χ1v) is 4.39. The minimum atomic E-state index is -1.07. The molecule has 0 atom stereocenters. The maximum absolute atomic E-state index is 13.4. The summed E-state index contributed by atoms with van der Waals surface area (Å²) in [5, 5.41) is 8.91. The Balaban J connectivity index is 3.45. The van der Waals surface area contributed by atoms with Crippen LogP contribution in [0.15, 0.2) is 6.07 Å². The van der Waals surface area contributed by atoms with Crippen molar-refractivity contribution in [2.75, 3.05) is 13.7 Å². The van der Waals surface area contributed by atoms with Gasteiger partial charge < -0.3 is 15.6 Å². The number of ketones is 1. The van der Waals surface area contributed by atoms with Crippen LogP contribution < -0.4 is 10.5 Å². The van der Waals surface area contributed by atoms with Crippen LogP contribution in [-0.2, 0) is 0 Å². The first kappa shape index (κ1) is 11.7. The maximum atomic E-state index is 13.4. The van der Waals surface area contributed by atoms with Crippen LogP contribution in [0.25, 0.3) is 0 Å². The third kappa shape index (κ3) is 2.03. The molecule has 0 heterocycles. The number of nitrogens with two attached hydrogens (primary N) is 1. The van der Waals surface area contributed by atoms with Crippen LogP contribution in [0.4, 0.5) is 4.39 Å². The van der Waals surface area contributed by atoms with E-state index < -0.39 is 17.3 Å². The fourth-order valence-electron chi connectivity index (χ4n) is 1.11. The summed E-state index contributed by atoms with van der Waals surface area (Å²) in [5.74, 6) is -2.69. The van der Waals surface area contributed by atoms with Crippen molar-refractivity contribution in [2.45, 2.75) is 0 Å². The molecule has 1 aromatic carbocycles. The number of Topliss-reactive ketones (excluding diaryl/α,β-unsaturated/α-hetero) is 1. The first-order chi connectivity index (χ1) is 7.02. The average Bonchev–Trinajstić information content (AvgIpc) is 2.24. The van der Waals surface area contributed by atoms with E-state index in [1.807, 2.05) is 0 Å². The SMILES string of the molecule is COc1c(C(=O)CN)cc(Cl)c(O)c1F. The van der Waals surface area contributed by atoms with Gasteiger partial charge in [0, 0.05) is 0 Å². The number of carbonyl (C=O) groups is 1. The van der Waals surface area contributed by atoms with Gasteiger partial charge in [0.1, 0.15) is 0 Å². The normalized spacial score (nSPS) is 10.1. The lowest BCUT2D eigenvalue weighted by Gasteiger charge is -2.10. The molecule has 0 aliphatic rings. The molecule has 6 heteroatoms. The van der Waals surface area contributed by atoms with E-state index in [-0.39, 0.29) is 22.9 Å². The maximum Gasteiger partial charge on any atom is 0.208 e. The monoisotopic (exact) mass is 233 g/mol. The van der Waals surface area contributed by atoms with Gasteiger partial charge in [-0.3, -0.25) is 4.79 Å². The summed E-state index contributed by atoms with van der Waals surface area (Å²) in [7, 11) is 1.18. The first-order valence-electron chi connectivity index (χ1n) is 4.01. The molecule has 0 aliphatic heterocycles. The highest BCUT2D eigenvalue weighted by atomic mass is 35.5. The lowest BCUT2D eigenvalue weighted by atomic mass is 10.1. The fraction of sp³-hybridized carbons (Fsp3) is 0.222. The molecule has 4 nitrogen and oxygen atoms in total. The highest BCUT2D eigenvalue weighted by Crippen LogP contribution is 2.36. The van der Waals surface area contributed by atoms with E-state index in [1.165, 1.54) is 7.11 Å². The summed E-state index contributed by atoms with van der Waals surface area (Å²) in [5.41, 5.74) is 5.05. The van der Waals surface area contributed by atoms with Gasteiger partial charge in [0.05, 0.1) is 24.2 Å². The number of rotatable bonds is 3. The Hall–Kier alpha value is -1.33. The fourth-order valence-corrected chi connectivity index (χ4v) is 1.30. The smallest absolute Gasteiger partial charge is 0.208 e. The minimum Gasteiger partial charge on any atom is -0.504 e. The van der Waals surface area contributed by atoms with Gasteiger partial charge in [-0.25, -0.2) is 0 Å². The number of methoxy groups -OCH3 is 1. The summed E-state index contributed by atoms with van der Waals surface area (Å²) < 4.78 is 18.0. The third-order valence-corrected chi connectivity index (χ3v) is 2.13. The Labute approximate surface area is 90.4 Å². The van der Waals surface area contributed by atoms with Gasteiger partial charge in [-0.1, -0.05) is 11.6 Å². The van der Waals surface area contributed by atoms with Crippen molar-refractivity contribution in [3.05, 3.63) is 22.5 Å². The van der Waals surface area contributed by atoms with E-state index in [9.17, 15) is 9.18 Å². The Kier molecular flexibility index (Phi) is 3.49. The van der Waals surface area contributed by atoms with Crippen molar-refractivity contribution < 1.29 is 19.0 Å². The van der Waals surface area contributed by atoms with E-state index in [2.05, 4.69) is 4.74 Å². The molecule has 0 aliphatic carbocycles. The van der Waals surface area contributed by atoms with Crippen LogP contribution in [-0.4, -0.2) is 24.5 Å². The zero-order chi connectivity index (χ0) is 11.6. The van der Waals surface area contributed by atoms with Gasteiger partial charge in [0.25, 0.3) is 0 Å². The van der Waals surface area contributed by atoms with Crippen LogP contribution in [0.2, 0.25) is 5.02 Å². The number of hydrogen-bond donors (Lipinski definition) is 2. The van der Waals surface area contributed by atoms with Gasteiger partial charge in [0.2, 0.25) is 5.82 Å². The number of carbonyl (C=O) groups excluding carboxylic acids is 1. The standard InChI is InChI=1S/C9H9ClFNO3/c1-15-9-4(6(13)3-12)2-5(10)8(14)7(9)11/h2,14H,3,12H2,1H3. The lowest BCUT2D eigenvalue weighted by Crippen LogP contribution is -2.15. The van der Waals surface area contributed by atoms with Crippen LogP contribution in [0.1, 0.15) is 10.4 Å². The molecule has 0 saturated carbocycles. The molecule has 1 aromatic rings. The summed E-state index contributed by atoms with van der Waals surface area (Å²) >= 11 is 5.51. The van der Waals surface area contributed by atoms with E-state index in [4.69, 9.17) is 22.4 Å². The average molecular weight is 234 g/mol. The molecule has 82 valence electrons. The molecular weight excluding hydrogens is 225 g/mol. The van der Waals surface area contributed by atoms with Crippen LogP contribution in [0.3, 0.4) is 0 Å². The second kappa shape index (κ2) is 4.46. The van der Waals surface area contributed by atoms with E-state index in [1.54, 1.807) is 0 Å². The Morgan fingerprint density at radius 2 is 2.33 bits per heavy atom. The number of ether oxygens (including phenoxy) is 1. The Bertz CT molecular complexity index is 409. The number of benzene rings is 1. The summed E-state index contributed by atoms with van der Waals surface area (Å²) in [6.45, 7) is -0.295. The number of phenols is 1. The molecule has 0 bridgehead atoms. The number of hydrogen-bond acceptors (Lipinski definition) is 4. The predicted octanol–water partition coefficient (Wildman–Crippen LogP) is 1.33. The van der Waals surface area contributed by atoms with Crippen LogP contribution in [0.5, 0.6) is 11.5 Å².